The number of carbonyl (C=O) groups is 2. The predicted octanol–water partition coefficient (Wildman–Crippen LogP) is 4.06. The number of fused-ring (bicyclic) bond motifs is 1. The van der Waals surface area contributed by atoms with Crippen molar-refractivity contribution < 1.29 is 19.1 Å². The number of ketones is 1. The Labute approximate surface area is 149 Å². The lowest BCUT2D eigenvalue weighted by Gasteiger charge is -2.45. The van der Waals surface area contributed by atoms with Crippen LogP contribution in [0.3, 0.4) is 0 Å². The van der Waals surface area contributed by atoms with Crippen LogP contribution in [0.1, 0.15) is 57.3 Å². The normalized spacial score (nSPS) is 22.8. The van der Waals surface area contributed by atoms with Crippen LogP contribution in [0.5, 0.6) is 5.75 Å². The van der Waals surface area contributed by atoms with Crippen LogP contribution in [0.2, 0.25) is 0 Å². The molecule has 1 atom stereocenters. The summed E-state index contributed by atoms with van der Waals surface area (Å²) in [4.78, 5) is 26.4. The first-order valence-electron chi connectivity index (χ1n) is 8.95. The van der Waals surface area contributed by atoms with Gasteiger partial charge in [0.25, 0.3) is 0 Å². The Bertz CT molecular complexity index is 669. The van der Waals surface area contributed by atoms with Gasteiger partial charge in [-0.15, -0.1) is 0 Å². The molecule has 0 bridgehead atoms. The summed E-state index contributed by atoms with van der Waals surface area (Å²) in [7, 11) is 0. The summed E-state index contributed by atoms with van der Waals surface area (Å²) in [6, 6.07) is 7.43. The maximum absolute atomic E-state index is 12.4. The summed E-state index contributed by atoms with van der Waals surface area (Å²) in [5.74, 6) is 0.821. The second kappa shape index (κ2) is 6.36. The Hall–Kier alpha value is -2.04. The molecule has 136 valence electrons. The zero-order valence-corrected chi connectivity index (χ0v) is 15.5. The lowest BCUT2D eigenvalue weighted by molar-refractivity contribution is -0.0189. The van der Waals surface area contributed by atoms with Crippen molar-refractivity contribution in [1.29, 1.82) is 0 Å². The summed E-state index contributed by atoms with van der Waals surface area (Å²) in [5.41, 5.74) is 0.0656. The molecule has 1 aromatic carbocycles. The lowest BCUT2D eigenvalue weighted by Crippen LogP contribution is -2.50. The van der Waals surface area contributed by atoms with Crippen LogP contribution in [0.15, 0.2) is 24.3 Å². The van der Waals surface area contributed by atoms with E-state index in [1.807, 2.05) is 45.0 Å². The average Bonchev–Trinajstić information content (AvgIpc) is 2.54. The highest BCUT2D eigenvalue weighted by Crippen LogP contribution is 2.41. The van der Waals surface area contributed by atoms with Crippen LogP contribution in [-0.4, -0.2) is 41.6 Å². The van der Waals surface area contributed by atoms with E-state index in [1.165, 1.54) is 0 Å². The number of piperidine rings is 1. The molecule has 0 aliphatic carbocycles. The van der Waals surface area contributed by atoms with Gasteiger partial charge < -0.3 is 14.4 Å². The second-order valence-electron chi connectivity index (χ2n) is 8.35. The number of ether oxygens (including phenoxy) is 2. The van der Waals surface area contributed by atoms with E-state index in [-0.39, 0.29) is 23.4 Å². The minimum Gasteiger partial charge on any atom is -0.489 e. The fourth-order valence-corrected chi connectivity index (χ4v) is 3.51. The van der Waals surface area contributed by atoms with Crippen molar-refractivity contribution in [2.45, 2.75) is 58.7 Å². The maximum atomic E-state index is 12.4. The third-order valence-electron chi connectivity index (χ3n) is 5.16. The van der Waals surface area contributed by atoms with Gasteiger partial charge in [-0.2, -0.15) is 0 Å². The van der Waals surface area contributed by atoms with Gasteiger partial charge in [-0.25, -0.2) is 4.79 Å². The van der Waals surface area contributed by atoms with Crippen LogP contribution in [0, 0.1) is 5.41 Å². The highest BCUT2D eigenvalue weighted by atomic mass is 16.6. The molecular weight excluding hydrogens is 318 g/mol. The van der Waals surface area contributed by atoms with Crippen LogP contribution >= 0.6 is 0 Å². The van der Waals surface area contributed by atoms with Gasteiger partial charge in [0, 0.05) is 24.9 Å². The largest absolute Gasteiger partial charge is 0.489 e. The lowest BCUT2D eigenvalue weighted by atomic mass is 9.73. The van der Waals surface area contributed by atoms with Gasteiger partial charge in [0.2, 0.25) is 0 Å². The van der Waals surface area contributed by atoms with E-state index in [0.29, 0.717) is 30.8 Å². The summed E-state index contributed by atoms with van der Waals surface area (Å²) in [6.07, 6.45) is 1.59. The number of nitrogens with zero attached hydrogens (tertiary/aromatic N) is 1. The third kappa shape index (κ3) is 3.80. The maximum Gasteiger partial charge on any atom is 0.410 e. The van der Waals surface area contributed by atoms with Gasteiger partial charge in [-0.3, -0.25) is 4.79 Å². The molecule has 1 amide bonds. The second-order valence-corrected chi connectivity index (χ2v) is 8.35. The van der Waals surface area contributed by atoms with E-state index in [9.17, 15) is 9.59 Å². The predicted molar refractivity (Wildman–Crippen MR) is 95.0 cm³/mol. The molecule has 2 aliphatic heterocycles. The first kappa shape index (κ1) is 17.8. The number of amides is 1. The van der Waals surface area contributed by atoms with Gasteiger partial charge in [-0.05, 0) is 45.7 Å². The topological polar surface area (TPSA) is 55.8 Å². The van der Waals surface area contributed by atoms with E-state index in [4.69, 9.17) is 9.47 Å². The monoisotopic (exact) mass is 345 g/mol. The molecule has 2 aliphatic rings. The fourth-order valence-electron chi connectivity index (χ4n) is 3.51. The summed E-state index contributed by atoms with van der Waals surface area (Å²) in [6.45, 7) is 9.03. The molecule has 5 nitrogen and oxygen atoms in total. The Morgan fingerprint density at radius 1 is 1.24 bits per heavy atom. The van der Waals surface area contributed by atoms with Gasteiger partial charge in [0.15, 0.2) is 5.78 Å². The Morgan fingerprint density at radius 2 is 1.88 bits per heavy atom. The molecule has 1 fully saturated rings. The number of likely N-dealkylation sites (tertiary alicyclic amines) is 1. The highest BCUT2D eigenvalue weighted by Gasteiger charge is 2.43. The molecular formula is C20H27NO4. The third-order valence-corrected chi connectivity index (χ3v) is 5.16. The molecule has 1 saturated heterocycles. The van der Waals surface area contributed by atoms with E-state index in [1.54, 1.807) is 4.90 Å². The van der Waals surface area contributed by atoms with Gasteiger partial charge in [0.05, 0.1) is 5.56 Å². The quantitative estimate of drug-likeness (QED) is 0.770. The van der Waals surface area contributed by atoms with Crippen LogP contribution < -0.4 is 4.74 Å². The van der Waals surface area contributed by atoms with E-state index < -0.39 is 5.60 Å². The minimum absolute atomic E-state index is 0.123. The number of rotatable bonds is 1. The molecule has 1 unspecified atom stereocenters. The number of hydrogen-bond donors (Lipinski definition) is 0. The van der Waals surface area contributed by atoms with E-state index in [2.05, 4.69) is 6.92 Å². The van der Waals surface area contributed by atoms with Crippen LogP contribution in [0.4, 0.5) is 4.79 Å². The Kier molecular flexibility index (Phi) is 4.52. The van der Waals surface area contributed by atoms with Gasteiger partial charge in [-0.1, -0.05) is 19.1 Å². The van der Waals surface area contributed by atoms with Crippen LogP contribution in [0.25, 0.3) is 0 Å². The summed E-state index contributed by atoms with van der Waals surface area (Å²) in [5, 5.41) is 0. The van der Waals surface area contributed by atoms with Crippen molar-refractivity contribution in [2.24, 2.45) is 5.41 Å². The van der Waals surface area contributed by atoms with Crippen molar-refractivity contribution in [1.82, 2.24) is 4.90 Å². The molecule has 1 aromatic rings. The Balaban J connectivity index is 1.65. The number of carbonyl (C=O) groups excluding carboxylic acids is 2. The van der Waals surface area contributed by atoms with Gasteiger partial charge >= 0.3 is 6.09 Å². The molecule has 0 radical (unpaired) electrons. The number of benzene rings is 1. The smallest absolute Gasteiger partial charge is 0.410 e. The van der Waals surface area contributed by atoms with E-state index >= 15 is 0 Å². The molecule has 0 N–H and O–H groups in total. The van der Waals surface area contributed by atoms with Gasteiger partial charge in [0.1, 0.15) is 17.5 Å². The standard InChI is InChI=1S/C20H27NO4/c1-19(2,3)25-18(23)21-11-9-20(4,10-12-21)17-13-15(22)14-7-5-6-8-16(14)24-17/h5-8,17H,9-13H2,1-4H3. The molecule has 25 heavy (non-hydrogen) atoms. The zero-order chi connectivity index (χ0) is 18.2. The SMILES string of the molecule is CC(C)(C)OC(=O)N1CCC(C)(C2CC(=O)c3ccccc3O2)CC1. The van der Waals surface area contributed by atoms with Crippen molar-refractivity contribution in [3.8, 4) is 5.75 Å². The summed E-state index contributed by atoms with van der Waals surface area (Å²) >= 11 is 0. The van der Waals surface area contributed by atoms with Crippen molar-refractivity contribution >= 4 is 11.9 Å². The molecule has 3 rings (SSSR count). The Morgan fingerprint density at radius 3 is 2.52 bits per heavy atom. The molecule has 5 heteroatoms. The molecule has 0 spiro atoms. The zero-order valence-electron chi connectivity index (χ0n) is 15.5. The van der Waals surface area contributed by atoms with Crippen molar-refractivity contribution in [3.63, 3.8) is 0 Å². The van der Waals surface area contributed by atoms with Crippen LogP contribution in [-0.2, 0) is 4.74 Å². The number of hydrogen-bond acceptors (Lipinski definition) is 4. The number of Topliss-reactive ketones (excluding diaryl/α,β-unsaturated/α-hetero) is 1. The van der Waals surface area contributed by atoms with Crippen molar-refractivity contribution in [3.05, 3.63) is 29.8 Å². The molecule has 0 saturated carbocycles. The molecule has 0 aromatic heterocycles. The molecule has 2 heterocycles. The first-order chi connectivity index (χ1) is 11.7. The minimum atomic E-state index is -0.486. The van der Waals surface area contributed by atoms with Crippen molar-refractivity contribution in [2.75, 3.05) is 13.1 Å². The van der Waals surface area contributed by atoms with E-state index in [0.717, 1.165) is 12.8 Å². The summed E-state index contributed by atoms with van der Waals surface area (Å²) < 4.78 is 11.6. The highest BCUT2D eigenvalue weighted by molar-refractivity contribution is 5.99. The fraction of sp³-hybridized carbons (Fsp3) is 0.600. The number of para-hydroxylation sites is 1. The average molecular weight is 345 g/mol. The first-order valence-corrected chi connectivity index (χ1v) is 8.95.